The smallest absolute Gasteiger partial charge is 0.125 e. The van der Waals surface area contributed by atoms with E-state index in [1.165, 1.54) is 0 Å². The maximum atomic E-state index is 9.02. The standard InChI is InChI=1S/C13H16O2/c1-4-5-6-15-13-10(2)7-12(9-14)8-11(13)3/h1,7-8,14H,5-6,9H2,2-3H3. The SMILES string of the molecule is C#CCCOc1c(C)cc(CO)cc1C. The fraction of sp³-hybridized carbons (Fsp3) is 0.385. The van der Waals surface area contributed by atoms with Gasteiger partial charge in [0.15, 0.2) is 0 Å². The Labute approximate surface area is 90.9 Å². The van der Waals surface area contributed by atoms with E-state index in [1.807, 2.05) is 26.0 Å². The summed E-state index contributed by atoms with van der Waals surface area (Å²) in [5.41, 5.74) is 2.99. The van der Waals surface area contributed by atoms with Crippen LogP contribution in [0.25, 0.3) is 0 Å². The van der Waals surface area contributed by atoms with Crippen LogP contribution in [0.1, 0.15) is 23.1 Å². The van der Waals surface area contributed by atoms with Crippen LogP contribution in [0.5, 0.6) is 5.75 Å². The molecular formula is C13H16O2. The van der Waals surface area contributed by atoms with Gasteiger partial charge >= 0.3 is 0 Å². The highest BCUT2D eigenvalue weighted by Crippen LogP contribution is 2.24. The fourth-order valence-electron chi connectivity index (χ4n) is 1.57. The molecule has 2 nitrogen and oxygen atoms in total. The molecule has 0 radical (unpaired) electrons. The van der Waals surface area contributed by atoms with Crippen LogP contribution in [0.2, 0.25) is 0 Å². The van der Waals surface area contributed by atoms with Gasteiger partial charge in [-0.3, -0.25) is 0 Å². The second-order valence-corrected chi connectivity index (χ2v) is 3.52. The molecule has 80 valence electrons. The summed E-state index contributed by atoms with van der Waals surface area (Å²) in [7, 11) is 0. The minimum atomic E-state index is 0.0618. The van der Waals surface area contributed by atoms with Gasteiger partial charge in [-0.05, 0) is 30.5 Å². The number of aliphatic hydroxyl groups is 1. The summed E-state index contributed by atoms with van der Waals surface area (Å²) in [6.45, 7) is 4.54. The summed E-state index contributed by atoms with van der Waals surface area (Å²) < 4.78 is 5.58. The van der Waals surface area contributed by atoms with E-state index in [2.05, 4.69) is 5.92 Å². The zero-order chi connectivity index (χ0) is 11.3. The van der Waals surface area contributed by atoms with E-state index in [0.717, 1.165) is 22.4 Å². The second kappa shape index (κ2) is 5.43. The topological polar surface area (TPSA) is 29.5 Å². The minimum absolute atomic E-state index is 0.0618. The summed E-state index contributed by atoms with van der Waals surface area (Å²) >= 11 is 0. The van der Waals surface area contributed by atoms with E-state index in [4.69, 9.17) is 16.3 Å². The number of ether oxygens (including phenoxy) is 1. The molecule has 1 aromatic rings. The van der Waals surface area contributed by atoms with Crippen molar-refractivity contribution < 1.29 is 9.84 Å². The number of hydrogen-bond acceptors (Lipinski definition) is 2. The molecule has 0 aliphatic heterocycles. The lowest BCUT2D eigenvalue weighted by Crippen LogP contribution is -2.00. The summed E-state index contributed by atoms with van der Waals surface area (Å²) in [6, 6.07) is 3.86. The first-order chi connectivity index (χ1) is 7.19. The number of aliphatic hydroxyl groups excluding tert-OH is 1. The first-order valence-corrected chi connectivity index (χ1v) is 4.96. The van der Waals surface area contributed by atoms with Gasteiger partial charge in [0.2, 0.25) is 0 Å². The Balaban J connectivity index is 2.84. The van der Waals surface area contributed by atoms with Gasteiger partial charge < -0.3 is 9.84 Å². The predicted octanol–water partition coefficient (Wildman–Crippen LogP) is 2.20. The van der Waals surface area contributed by atoms with Crippen molar-refractivity contribution in [2.75, 3.05) is 6.61 Å². The zero-order valence-corrected chi connectivity index (χ0v) is 9.21. The van der Waals surface area contributed by atoms with Crippen LogP contribution >= 0.6 is 0 Å². The first kappa shape index (κ1) is 11.6. The molecule has 0 aliphatic carbocycles. The maximum Gasteiger partial charge on any atom is 0.125 e. The Hall–Kier alpha value is -1.46. The van der Waals surface area contributed by atoms with Crippen LogP contribution < -0.4 is 4.74 Å². The molecule has 0 aromatic heterocycles. The van der Waals surface area contributed by atoms with E-state index >= 15 is 0 Å². The van der Waals surface area contributed by atoms with Crippen LogP contribution in [0.3, 0.4) is 0 Å². The molecule has 0 fully saturated rings. The van der Waals surface area contributed by atoms with Gasteiger partial charge in [0.25, 0.3) is 0 Å². The van der Waals surface area contributed by atoms with Crippen LogP contribution in [-0.2, 0) is 6.61 Å². The normalized spacial score (nSPS) is 9.73. The largest absolute Gasteiger partial charge is 0.492 e. The van der Waals surface area contributed by atoms with Crippen molar-refractivity contribution in [3.63, 3.8) is 0 Å². The highest BCUT2D eigenvalue weighted by Gasteiger charge is 2.05. The molecule has 1 aromatic carbocycles. The molecule has 0 spiro atoms. The molecule has 0 unspecified atom stereocenters. The molecular weight excluding hydrogens is 188 g/mol. The lowest BCUT2D eigenvalue weighted by molar-refractivity contribution is 0.281. The number of rotatable bonds is 4. The first-order valence-electron chi connectivity index (χ1n) is 4.96. The fourth-order valence-corrected chi connectivity index (χ4v) is 1.57. The molecule has 0 amide bonds. The summed E-state index contributed by atoms with van der Waals surface area (Å²) in [4.78, 5) is 0. The highest BCUT2D eigenvalue weighted by molar-refractivity contribution is 5.43. The lowest BCUT2D eigenvalue weighted by atomic mass is 10.1. The van der Waals surface area contributed by atoms with Crippen LogP contribution in [0.4, 0.5) is 0 Å². The predicted molar refractivity (Wildman–Crippen MR) is 60.8 cm³/mol. The monoisotopic (exact) mass is 204 g/mol. The molecule has 2 heteroatoms. The van der Waals surface area contributed by atoms with Gasteiger partial charge in [-0.1, -0.05) is 12.1 Å². The van der Waals surface area contributed by atoms with Gasteiger partial charge in [-0.25, -0.2) is 0 Å². The van der Waals surface area contributed by atoms with E-state index in [0.29, 0.717) is 13.0 Å². The number of benzene rings is 1. The van der Waals surface area contributed by atoms with Crippen LogP contribution in [0.15, 0.2) is 12.1 Å². The zero-order valence-electron chi connectivity index (χ0n) is 9.21. The average molecular weight is 204 g/mol. The highest BCUT2D eigenvalue weighted by atomic mass is 16.5. The Morgan fingerprint density at radius 3 is 2.40 bits per heavy atom. The molecule has 0 aliphatic rings. The quantitative estimate of drug-likeness (QED) is 0.602. The number of hydrogen-bond donors (Lipinski definition) is 1. The van der Waals surface area contributed by atoms with Gasteiger partial charge in [-0.2, -0.15) is 0 Å². The Bertz CT molecular complexity index is 352. The molecule has 0 saturated heterocycles. The van der Waals surface area contributed by atoms with Crippen molar-refractivity contribution in [1.29, 1.82) is 0 Å². The van der Waals surface area contributed by atoms with Crippen molar-refractivity contribution in [3.8, 4) is 18.1 Å². The minimum Gasteiger partial charge on any atom is -0.492 e. The molecule has 15 heavy (non-hydrogen) atoms. The maximum absolute atomic E-state index is 9.02. The van der Waals surface area contributed by atoms with E-state index < -0.39 is 0 Å². The van der Waals surface area contributed by atoms with Gasteiger partial charge in [0.05, 0.1) is 13.2 Å². The van der Waals surface area contributed by atoms with Crippen molar-refractivity contribution in [3.05, 3.63) is 28.8 Å². The second-order valence-electron chi connectivity index (χ2n) is 3.52. The van der Waals surface area contributed by atoms with Crippen molar-refractivity contribution in [2.24, 2.45) is 0 Å². The molecule has 0 saturated carbocycles. The van der Waals surface area contributed by atoms with Gasteiger partial charge in [-0.15, -0.1) is 12.3 Å². The summed E-state index contributed by atoms with van der Waals surface area (Å²) in [5, 5.41) is 9.02. The van der Waals surface area contributed by atoms with Gasteiger partial charge in [0, 0.05) is 6.42 Å². The van der Waals surface area contributed by atoms with E-state index in [1.54, 1.807) is 0 Å². The van der Waals surface area contributed by atoms with E-state index in [9.17, 15) is 0 Å². The third-order valence-electron chi connectivity index (χ3n) is 2.20. The van der Waals surface area contributed by atoms with Crippen molar-refractivity contribution >= 4 is 0 Å². The van der Waals surface area contributed by atoms with Crippen LogP contribution in [-0.4, -0.2) is 11.7 Å². The van der Waals surface area contributed by atoms with Crippen LogP contribution in [0, 0.1) is 26.2 Å². The molecule has 0 heterocycles. The molecule has 1 N–H and O–H groups in total. The van der Waals surface area contributed by atoms with E-state index in [-0.39, 0.29) is 6.61 Å². The Kier molecular flexibility index (Phi) is 4.20. The Morgan fingerprint density at radius 2 is 1.93 bits per heavy atom. The third kappa shape index (κ3) is 3.00. The molecule has 0 bridgehead atoms. The number of aryl methyl sites for hydroxylation is 2. The molecule has 0 atom stereocenters. The van der Waals surface area contributed by atoms with Crippen molar-refractivity contribution in [2.45, 2.75) is 26.9 Å². The van der Waals surface area contributed by atoms with Gasteiger partial charge in [0.1, 0.15) is 5.75 Å². The third-order valence-corrected chi connectivity index (χ3v) is 2.20. The van der Waals surface area contributed by atoms with Crippen molar-refractivity contribution in [1.82, 2.24) is 0 Å². The average Bonchev–Trinajstić information content (AvgIpc) is 2.22. The number of terminal acetylenes is 1. The summed E-state index contributed by atoms with van der Waals surface area (Å²) in [5.74, 6) is 3.41. The molecule has 1 rings (SSSR count). The Morgan fingerprint density at radius 1 is 1.33 bits per heavy atom. The lowest BCUT2D eigenvalue weighted by Gasteiger charge is -2.12. The summed E-state index contributed by atoms with van der Waals surface area (Å²) in [6.07, 6.45) is 5.76.